The van der Waals surface area contributed by atoms with Crippen LogP contribution in [0, 0.1) is 0 Å². The Morgan fingerprint density at radius 2 is 1.75 bits per heavy atom. The first-order valence-electron chi connectivity index (χ1n) is 9.07. The Balaban J connectivity index is 0.00000208. The maximum absolute atomic E-state index is 11.1. The normalized spacial score (nSPS) is 21.7. The minimum absolute atomic E-state index is 0. The molecule has 0 fully saturated rings. The van der Waals surface area contributed by atoms with Gasteiger partial charge < -0.3 is 15.7 Å². The molecule has 3 N–H and O–H groups in total. The van der Waals surface area contributed by atoms with Crippen LogP contribution in [0.5, 0.6) is 5.75 Å². The zero-order chi connectivity index (χ0) is 17.0. The average molecular weight is 353 g/mol. The van der Waals surface area contributed by atoms with Crippen LogP contribution in [0.25, 0.3) is 0 Å². The SMILES string of the molecule is CCC(N)Cc1cc2c3c(c1O)C(C)(C)CCN3CCC2(C)C.Cl. The summed E-state index contributed by atoms with van der Waals surface area (Å²) in [4.78, 5) is 2.49. The number of anilines is 1. The Kier molecular flexibility index (Phi) is 5.19. The molecule has 24 heavy (non-hydrogen) atoms. The molecule has 136 valence electrons. The lowest BCUT2D eigenvalue weighted by Gasteiger charge is -2.48. The largest absolute Gasteiger partial charge is 0.507 e. The molecule has 1 unspecified atom stereocenters. The van der Waals surface area contributed by atoms with E-state index in [1.54, 1.807) is 0 Å². The summed E-state index contributed by atoms with van der Waals surface area (Å²) in [5.41, 5.74) is 11.3. The van der Waals surface area contributed by atoms with Crippen molar-refractivity contribution in [3.63, 3.8) is 0 Å². The van der Waals surface area contributed by atoms with Gasteiger partial charge in [0.1, 0.15) is 5.75 Å². The first kappa shape index (κ1) is 19.4. The van der Waals surface area contributed by atoms with Crippen molar-refractivity contribution in [2.45, 2.75) is 77.2 Å². The van der Waals surface area contributed by atoms with E-state index in [9.17, 15) is 5.11 Å². The maximum Gasteiger partial charge on any atom is 0.124 e. The third-order valence-electron chi connectivity index (χ3n) is 6.09. The van der Waals surface area contributed by atoms with E-state index in [2.05, 4.69) is 45.6 Å². The minimum Gasteiger partial charge on any atom is -0.507 e. The van der Waals surface area contributed by atoms with Gasteiger partial charge in [0.2, 0.25) is 0 Å². The number of nitrogens with zero attached hydrogens (tertiary/aromatic N) is 1. The molecule has 1 atom stereocenters. The Morgan fingerprint density at radius 3 is 2.33 bits per heavy atom. The monoisotopic (exact) mass is 352 g/mol. The lowest BCUT2D eigenvalue weighted by atomic mass is 9.68. The molecule has 1 aromatic rings. The van der Waals surface area contributed by atoms with Crippen LogP contribution in [-0.2, 0) is 17.3 Å². The second-order valence-corrected chi connectivity index (χ2v) is 8.78. The molecule has 0 aromatic heterocycles. The zero-order valence-electron chi connectivity index (χ0n) is 15.8. The van der Waals surface area contributed by atoms with E-state index in [-0.39, 0.29) is 29.3 Å². The molecule has 0 bridgehead atoms. The average Bonchev–Trinajstić information content (AvgIpc) is 2.47. The third-order valence-corrected chi connectivity index (χ3v) is 6.09. The minimum atomic E-state index is 0. The number of phenols is 1. The molecule has 0 aliphatic carbocycles. The smallest absolute Gasteiger partial charge is 0.124 e. The van der Waals surface area contributed by atoms with Gasteiger partial charge in [0, 0.05) is 30.4 Å². The number of nitrogens with two attached hydrogens (primary N) is 1. The van der Waals surface area contributed by atoms with Gasteiger partial charge in [0.15, 0.2) is 0 Å². The van der Waals surface area contributed by atoms with Crippen molar-refractivity contribution in [3.05, 3.63) is 22.8 Å². The van der Waals surface area contributed by atoms with Crippen LogP contribution in [0.1, 0.15) is 70.6 Å². The highest BCUT2D eigenvalue weighted by atomic mass is 35.5. The van der Waals surface area contributed by atoms with Crippen LogP contribution in [-0.4, -0.2) is 24.2 Å². The number of aromatic hydroxyl groups is 1. The highest BCUT2D eigenvalue weighted by molar-refractivity contribution is 5.85. The van der Waals surface area contributed by atoms with Crippen molar-refractivity contribution in [1.29, 1.82) is 0 Å². The van der Waals surface area contributed by atoms with Crippen molar-refractivity contribution in [2.24, 2.45) is 5.73 Å². The predicted molar refractivity (Wildman–Crippen MR) is 105 cm³/mol. The molecule has 0 saturated heterocycles. The predicted octanol–water partition coefficient (Wildman–Crippen LogP) is 4.26. The van der Waals surface area contributed by atoms with Crippen molar-refractivity contribution >= 4 is 18.1 Å². The van der Waals surface area contributed by atoms with E-state index in [4.69, 9.17) is 5.73 Å². The van der Waals surface area contributed by atoms with Crippen LogP contribution < -0.4 is 10.6 Å². The summed E-state index contributed by atoms with van der Waals surface area (Å²) >= 11 is 0. The maximum atomic E-state index is 11.1. The van der Waals surface area contributed by atoms with Gasteiger partial charge in [-0.25, -0.2) is 0 Å². The summed E-state index contributed by atoms with van der Waals surface area (Å²) in [5.74, 6) is 0.500. The summed E-state index contributed by atoms with van der Waals surface area (Å²) in [6, 6.07) is 2.36. The van der Waals surface area contributed by atoms with Gasteiger partial charge in [0.25, 0.3) is 0 Å². The van der Waals surface area contributed by atoms with Crippen LogP contribution in [0.2, 0.25) is 0 Å². The lowest BCUT2D eigenvalue weighted by molar-refractivity contribution is 0.374. The number of phenolic OH excluding ortho intramolecular Hbond substituents is 1. The van der Waals surface area contributed by atoms with Gasteiger partial charge in [-0.1, -0.05) is 34.6 Å². The van der Waals surface area contributed by atoms with Crippen LogP contribution in [0.3, 0.4) is 0 Å². The highest BCUT2D eigenvalue weighted by Crippen LogP contribution is 2.53. The fourth-order valence-corrected chi connectivity index (χ4v) is 4.21. The lowest BCUT2D eigenvalue weighted by Crippen LogP contribution is -2.45. The van der Waals surface area contributed by atoms with Crippen molar-refractivity contribution < 1.29 is 5.11 Å². The molecule has 2 aliphatic rings. The van der Waals surface area contributed by atoms with Crippen molar-refractivity contribution in [3.8, 4) is 5.75 Å². The van der Waals surface area contributed by atoms with E-state index in [1.807, 2.05) is 0 Å². The van der Waals surface area contributed by atoms with Crippen molar-refractivity contribution in [2.75, 3.05) is 18.0 Å². The molecule has 3 rings (SSSR count). The van der Waals surface area contributed by atoms with Crippen LogP contribution >= 0.6 is 12.4 Å². The Morgan fingerprint density at radius 1 is 1.17 bits per heavy atom. The van der Waals surface area contributed by atoms with E-state index in [1.165, 1.54) is 17.7 Å². The summed E-state index contributed by atoms with van der Waals surface area (Å²) in [6.07, 6.45) is 3.96. The quantitative estimate of drug-likeness (QED) is 0.854. The molecule has 3 nitrogen and oxygen atoms in total. The first-order chi connectivity index (χ1) is 10.7. The molecule has 0 saturated carbocycles. The summed E-state index contributed by atoms with van der Waals surface area (Å²) in [6.45, 7) is 13.5. The Hall–Kier alpha value is -0.930. The van der Waals surface area contributed by atoms with Crippen LogP contribution in [0.4, 0.5) is 5.69 Å². The Bertz CT molecular complexity index is 623. The molecule has 1 aromatic carbocycles. The molecule has 4 heteroatoms. The molecule has 0 spiro atoms. The number of hydrogen-bond donors (Lipinski definition) is 2. The van der Waals surface area contributed by atoms with E-state index >= 15 is 0 Å². The van der Waals surface area contributed by atoms with Gasteiger partial charge in [-0.15, -0.1) is 12.4 Å². The van der Waals surface area contributed by atoms with E-state index in [0.717, 1.165) is 43.5 Å². The standard InChI is InChI=1S/C20H32N2O.ClH/c1-6-14(21)11-13-12-15-17-16(18(13)23)20(4,5)8-10-22(17)9-7-19(15,2)3;/h12,14,23H,6-11,21H2,1-5H3;1H. The molecule has 0 radical (unpaired) electrons. The van der Waals surface area contributed by atoms with Gasteiger partial charge >= 0.3 is 0 Å². The van der Waals surface area contributed by atoms with Gasteiger partial charge in [-0.3, -0.25) is 0 Å². The van der Waals surface area contributed by atoms with E-state index < -0.39 is 0 Å². The van der Waals surface area contributed by atoms with Gasteiger partial charge in [-0.05, 0) is 53.7 Å². The topological polar surface area (TPSA) is 49.5 Å². The Labute approximate surface area is 153 Å². The summed E-state index contributed by atoms with van der Waals surface area (Å²) in [5, 5.41) is 11.1. The second kappa shape index (κ2) is 6.42. The van der Waals surface area contributed by atoms with Gasteiger partial charge in [-0.2, -0.15) is 0 Å². The van der Waals surface area contributed by atoms with Gasteiger partial charge in [0.05, 0.1) is 0 Å². The zero-order valence-corrected chi connectivity index (χ0v) is 16.6. The number of halogens is 1. The summed E-state index contributed by atoms with van der Waals surface area (Å²) < 4.78 is 0. The third kappa shape index (κ3) is 3.01. The number of hydrogen-bond acceptors (Lipinski definition) is 3. The molecule has 2 heterocycles. The molecule has 0 amide bonds. The van der Waals surface area contributed by atoms with Crippen molar-refractivity contribution in [1.82, 2.24) is 0 Å². The second-order valence-electron chi connectivity index (χ2n) is 8.78. The van der Waals surface area contributed by atoms with Crippen LogP contribution in [0.15, 0.2) is 6.07 Å². The fourth-order valence-electron chi connectivity index (χ4n) is 4.21. The molecular formula is C20H33ClN2O. The highest BCUT2D eigenvalue weighted by Gasteiger charge is 2.42. The molecule has 2 aliphatic heterocycles. The first-order valence-corrected chi connectivity index (χ1v) is 9.07. The summed E-state index contributed by atoms with van der Waals surface area (Å²) in [7, 11) is 0. The number of rotatable bonds is 3. The van der Waals surface area contributed by atoms with E-state index in [0.29, 0.717) is 5.75 Å². The molecular weight excluding hydrogens is 320 g/mol. The fraction of sp³-hybridized carbons (Fsp3) is 0.700. The number of benzene rings is 1.